The lowest BCUT2D eigenvalue weighted by molar-refractivity contribution is 0.0921. The Morgan fingerprint density at radius 3 is 2.67 bits per heavy atom. The predicted octanol–water partition coefficient (Wildman–Crippen LogP) is 3.67. The van der Waals surface area contributed by atoms with Gasteiger partial charge in [0.2, 0.25) is 0 Å². The van der Waals surface area contributed by atoms with Crippen molar-refractivity contribution in [2.75, 3.05) is 14.2 Å². The van der Waals surface area contributed by atoms with Crippen molar-refractivity contribution < 1.29 is 14.3 Å². The number of hydrogen-bond acceptors (Lipinski definition) is 3. The fraction of sp³-hybridized carbons (Fsp3) is 0.562. The average Bonchev–Trinajstić information content (AvgIpc) is 2.46. The summed E-state index contributed by atoms with van der Waals surface area (Å²) in [7, 11) is 3.05. The van der Waals surface area contributed by atoms with E-state index in [4.69, 9.17) is 21.1 Å². The van der Waals surface area contributed by atoms with Crippen molar-refractivity contribution >= 4 is 17.5 Å². The number of halogens is 1. The fourth-order valence-electron chi connectivity index (χ4n) is 2.88. The Kier molecular flexibility index (Phi) is 5.34. The second kappa shape index (κ2) is 7.03. The molecule has 1 aromatic carbocycles. The van der Waals surface area contributed by atoms with Gasteiger partial charge in [0, 0.05) is 11.6 Å². The van der Waals surface area contributed by atoms with E-state index in [1.165, 1.54) is 27.1 Å². The minimum Gasteiger partial charge on any atom is -0.493 e. The highest BCUT2D eigenvalue weighted by Crippen LogP contribution is 2.36. The Morgan fingerprint density at radius 2 is 2.05 bits per heavy atom. The van der Waals surface area contributed by atoms with Crippen LogP contribution in [0.5, 0.6) is 11.5 Å². The van der Waals surface area contributed by atoms with Gasteiger partial charge in [-0.1, -0.05) is 31.4 Å². The molecule has 0 spiro atoms. The first-order valence-corrected chi connectivity index (χ1v) is 7.65. The van der Waals surface area contributed by atoms with Crippen LogP contribution < -0.4 is 14.8 Å². The van der Waals surface area contributed by atoms with Crippen molar-refractivity contribution in [2.24, 2.45) is 5.92 Å². The Hall–Kier alpha value is -1.42. The molecule has 1 aromatic rings. The van der Waals surface area contributed by atoms with Gasteiger partial charge in [-0.25, -0.2) is 0 Å². The molecule has 1 fully saturated rings. The molecule has 1 aliphatic carbocycles. The average molecular weight is 312 g/mol. The first kappa shape index (κ1) is 16.0. The zero-order chi connectivity index (χ0) is 15.4. The number of nitrogens with one attached hydrogen (secondary N) is 1. The number of hydrogen-bond donors (Lipinski definition) is 1. The van der Waals surface area contributed by atoms with Gasteiger partial charge in [-0.15, -0.1) is 0 Å². The van der Waals surface area contributed by atoms with Gasteiger partial charge < -0.3 is 14.8 Å². The molecular formula is C16H22ClNO3. The standard InChI is InChI=1S/C16H22ClNO3/c1-10-5-4-6-12(7-10)18-16(19)11-8-13(17)15(21-3)14(9-11)20-2/h8-10,12H,4-7H2,1-3H3,(H,18,19). The van der Waals surface area contributed by atoms with E-state index in [0.717, 1.165) is 12.8 Å². The summed E-state index contributed by atoms with van der Waals surface area (Å²) in [6.07, 6.45) is 4.48. The number of rotatable bonds is 4. The lowest BCUT2D eigenvalue weighted by atomic mass is 9.87. The highest BCUT2D eigenvalue weighted by molar-refractivity contribution is 6.32. The normalized spacial score (nSPS) is 21.7. The Balaban J connectivity index is 2.13. The van der Waals surface area contributed by atoms with Crippen molar-refractivity contribution in [2.45, 2.75) is 38.6 Å². The number of benzene rings is 1. The summed E-state index contributed by atoms with van der Waals surface area (Å²) in [5.74, 6) is 1.46. The molecule has 21 heavy (non-hydrogen) atoms. The van der Waals surface area contributed by atoms with Gasteiger partial charge in [0.25, 0.3) is 5.91 Å². The fourth-order valence-corrected chi connectivity index (χ4v) is 3.17. The second-order valence-electron chi connectivity index (χ2n) is 5.64. The lowest BCUT2D eigenvalue weighted by Crippen LogP contribution is -2.38. The van der Waals surface area contributed by atoms with Crippen LogP contribution in [0.3, 0.4) is 0 Å². The molecule has 2 unspecified atom stereocenters. The van der Waals surface area contributed by atoms with E-state index in [1.54, 1.807) is 12.1 Å². The maximum Gasteiger partial charge on any atom is 0.251 e. The summed E-state index contributed by atoms with van der Waals surface area (Å²) in [6, 6.07) is 3.52. The summed E-state index contributed by atoms with van der Waals surface area (Å²) >= 11 is 6.14. The largest absolute Gasteiger partial charge is 0.493 e. The van der Waals surface area contributed by atoms with Gasteiger partial charge in [-0.2, -0.15) is 0 Å². The molecule has 0 radical (unpaired) electrons. The van der Waals surface area contributed by atoms with E-state index < -0.39 is 0 Å². The van der Waals surface area contributed by atoms with Gasteiger partial charge >= 0.3 is 0 Å². The third-order valence-corrected chi connectivity index (χ3v) is 4.25. The van der Waals surface area contributed by atoms with Crippen LogP contribution in [0.15, 0.2) is 12.1 Å². The summed E-state index contributed by atoms with van der Waals surface area (Å²) in [6.45, 7) is 2.23. The maximum atomic E-state index is 12.4. The number of amides is 1. The van der Waals surface area contributed by atoms with E-state index in [-0.39, 0.29) is 11.9 Å². The number of ether oxygens (including phenoxy) is 2. The van der Waals surface area contributed by atoms with Crippen molar-refractivity contribution in [1.82, 2.24) is 5.32 Å². The topological polar surface area (TPSA) is 47.6 Å². The first-order valence-electron chi connectivity index (χ1n) is 7.27. The van der Waals surface area contributed by atoms with Crippen molar-refractivity contribution in [3.8, 4) is 11.5 Å². The van der Waals surface area contributed by atoms with Crippen LogP contribution >= 0.6 is 11.6 Å². The van der Waals surface area contributed by atoms with Gasteiger partial charge in [-0.05, 0) is 30.9 Å². The Labute approximate surface area is 130 Å². The van der Waals surface area contributed by atoms with E-state index in [2.05, 4.69) is 12.2 Å². The van der Waals surface area contributed by atoms with Gasteiger partial charge in [0.05, 0.1) is 19.2 Å². The zero-order valence-electron chi connectivity index (χ0n) is 12.7. The lowest BCUT2D eigenvalue weighted by Gasteiger charge is -2.27. The molecule has 0 aromatic heterocycles. The van der Waals surface area contributed by atoms with Crippen LogP contribution in [-0.4, -0.2) is 26.2 Å². The van der Waals surface area contributed by atoms with Crippen molar-refractivity contribution in [1.29, 1.82) is 0 Å². The van der Waals surface area contributed by atoms with Gasteiger partial charge in [-0.3, -0.25) is 4.79 Å². The molecule has 1 saturated carbocycles. The summed E-state index contributed by atoms with van der Waals surface area (Å²) < 4.78 is 10.4. The minimum absolute atomic E-state index is 0.114. The second-order valence-corrected chi connectivity index (χ2v) is 6.04. The van der Waals surface area contributed by atoms with Crippen molar-refractivity contribution in [3.05, 3.63) is 22.7 Å². The van der Waals surface area contributed by atoms with Gasteiger partial charge in [0.15, 0.2) is 11.5 Å². The van der Waals surface area contributed by atoms with Crippen LogP contribution in [0.2, 0.25) is 5.02 Å². The minimum atomic E-state index is -0.114. The van der Waals surface area contributed by atoms with Gasteiger partial charge in [0.1, 0.15) is 0 Å². The quantitative estimate of drug-likeness (QED) is 0.923. The molecule has 5 heteroatoms. The number of methoxy groups -OCH3 is 2. The summed E-state index contributed by atoms with van der Waals surface area (Å²) in [4.78, 5) is 12.4. The highest BCUT2D eigenvalue weighted by Gasteiger charge is 2.22. The third-order valence-electron chi connectivity index (χ3n) is 3.97. The van der Waals surface area contributed by atoms with E-state index >= 15 is 0 Å². The predicted molar refractivity (Wildman–Crippen MR) is 83.4 cm³/mol. The molecule has 0 bridgehead atoms. The van der Waals surface area contributed by atoms with Crippen LogP contribution in [0, 0.1) is 5.92 Å². The highest BCUT2D eigenvalue weighted by atomic mass is 35.5. The summed E-state index contributed by atoms with van der Waals surface area (Å²) in [5, 5.41) is 3.46. The molecule has 116 valence electrons. The Bertz CT molecular complexity index is 518. The van der Waals surface area contributed by atoms with Crippen LogP contribution in [0.25, 0.3) is 0 Å². The number of carbonyl (C=O) groups is 1. The molecule has 1 aliphatic rings. The van der Waals surface area contributed by atoms with E-state index in [9.17, 15) is 4.79 Å². The monoisotopic (exact) mass is 311 g/mol. The van der Waals surface area contributed by atoms with Crippen LogP contribution in [-0.2, 0) is 0 Å². The molecule has 4 nitrogen and oxygen atoms in total. The van der Waals surface area contributed by atoms with Crippen LogP contribution in [0.4, 0.5) is 0 Å². The zero-order valence-corrected chi connectivity index (χ0v) is 13.5. The molecule has 0 heterocycles. The molecule has 0 aliphatic heterocycles. The molecule has 1 amide bonds. The Morgan fingerprint density at radius 1 is 1.29 bits per heavy atom. The third kappa shape index (κ3) is 3.82. The molecule has 2 atom stereocenters. The van der Waals surface area contributed by atoms with Crippen molar-refractivity contribution in [3.63, 3.8) is 0 Å². The van der Waals surface area contributed by atoms with E-state index in [1.807, 2.05) is 0 Å². The molecule has 2 rings (SSSR count). The van der Waals surface area contributed by atoms with E-state index in [0.29, 0.717) is 28.0 Å². The summed E-state index contributed by atoms with van der Waals surface area (Å²) in [5.41, 5.74) is 0.496. The van der Waals surface area contributed by atoms with Crippen LogP contribution in [0.1, 0.15) is 43.0 Å². The maximum absolute atomic E-state index is 12.4. The SMILES string of the molecule is COc1cc(C(=O)NC2CCCC(C)C2)cc(Cl)c1OC. The molecule has 1 N–H and O–H groups in total. The first-order chi connectivity index (χ1) is 10.0. The number of carbonyl (C=O) groups excluding carboxylic acids is 1. The molecular weight excluding hydrogens is 290 g/mol. The molecule has 0 saturated heterocycles. The smallest absolute Gasteiger partial charge is 0.251 e.